The van der Waals surface area contributed by atoms with Crippen LogP contribution in [0.25, 0.3) is 11.3 Å². The highest BCUT2D eigenvalue weighted by molar-refractivity contribution is 6.34. The van der Waals surface area contributed by atoms with Gasteiger partial charge in [-0.1, -0.05) is 35.8 Å². The lowest BCUT2D eigenvalue weighted by molar-refractivity contribution is 0.435. The molecule has 2 rings (SSSR count). The third kappa shape index (κ3) is 1.67. The molecule has 0 bridgehead atoms. The lowest BCUT2D eigenvalue weighted by Crippen LogP contribution is -1.91. The van der Waals surface area contributed by atoms with Gasteiger partial charge in [-0.25, -0.2) is 0 Å². The number of anilines is 1. The van der Waals surface area contributed by atoms with Gasteiger partial charge in [-0.2, -0.15) is 0 Å². The first kappa shape index (κ1) is 11.0. The Morgan fingerprint density at radius 1 is 1.44 bits per heavy atom. The highest BCUT2D eigenvalue weighted by Crippen LogP contribution is 2.34. The van der Waals surface area contributed by atoms with Crippen LogP contribution in [0.2, 0.25) is 5.02 Å². The highest BCUT2D eigenvalue weighted by Gasteiger charge is 2.16. The largest absolute Gasteiger partial charge is 0.381 e. The maximum Gasteiger partial charge on any atom is 0.173 e. The van der Waals surface area contributed by atoms with Crippen LogP contribution in [0.15, 0.2) is 22.7 Å². The second kappa shape index (κ2) is 4.18. The van der Waals surface area contributed by atoms with Crippen molar-refractivity contribution in [3.8, 4) is 11.3 Å². The average Bonchev–Trinajstić information content (AvgIpc) is 2.63. The van der Waals surface area contributed by atoms with Gasteiger partial charge in [0.25, 0.3) is 0 Å². The van der Waals surface area contributed by atoms with Crippen LogP contribution in [0.1, 0.15) is 18.1 Å². The fraction of sp³-hybridized carbons (Fsp3) is 0.250. The summed E-state index contributed by atoms with van der Waals surface area (Å²) in [6, 6.07) is 5.81. The van der Waals surface area contributed by atoms with Crippen LogP contribution in [-0.2, 0) is 6.42 Å². The van der Waals surface area contributed by atoms with Crippen molar-refractivity contribution in [3.05, 3.63) is 34.3 Å². The number of aromatic nitrogens is 1. The predicted molar refractivity (Wildman–Crippen MR) is 65.5 cm³/mol. The zero-order valence-corrected chi connectivity index (χ0v) is 10.0. The minimum absolute atomic E-state index is 0.440. The average molecular weight is 237 g/mol. The molecule has 84 valence electrons. The summed E-state index contributed by atoms with van der Waals surface area (Å²) >= 11 is 6.24. The maximum absolute atomic E-state index is 6.24. The van der Waals surface area contributed by atoms with Crippen LogP contribution in [-0.4, -0.2) is 5.16 Å². The molecule has 0 atom stereocenters. The quantitative estimate of drug-likeness (QED) is 0.869. The number of hydrogen-bond acceptors (Lipinski definition) is 3. The van der Waals surface area contributed by atoms with Crippen molar-refractivity contribution in [1.29, 1.82) is 0 Å². The molecule has 1 aromatic carbocycles. The molecule has 0 saturated heterocycles. The van der Waals surface area contributed by atoms with Gasteiger partial charge < -0.3 is 10.3 Å². The van der Waals surface area contributed by atoms with Gasteiger partial charge in [-0.15, -0.1) is 0 Å². The molecule has 0 fully saturated rings. The van der Waals surface area contributed by atoms with Crippen LogP contribution in [0.3, 0.4) is 0 Å². The van der Waals surface area contributed by atoms with Crippen LogP contribution in [0, 0.1) is 6.92 Å². The number of halogens is 1. The number of aryl methyl sites for hydroxylation is 1. The standard InChI is InChI=1S/C12H13ClN2O/c1-3-8-11(16-15-12(8)14)9-6-4-5-7(2)10(9)13/h4-6H,3H2,1-2H3,(H2,14,15). The number of nitrogens with two attached hydrogens (primary N) is 1. The van der Waals surface area contributed by atoms with Crippen LogP contribution < -0.4 is 5.73 Å². The summed E-state index contributed by atoms with van der Waals surface area (Å²) in [5.74, 6) is 1.11. The smallest absolute Gasteiger partial charge is 0.173 e. The van der Waals surface area contributed by atoms with E-state index in [1.54, 1.807) is 0 Å². The van der Waals surface area contributed by atoms with E-state index in [2.05, 4.69) is 5.16 Å². The molecule has 3 nitrogen and oxygen atoms in total. The number of benzene rings is 1. The van der Waals surface area contributed by atoms with Gasteiger partial charge in [0.2, 0.25) is 0 Å². The fourth-order valence-electron chi connectivity index (χ4n) is 1.70. The number of rotatable bonds is 2. The van der Waals surface area contributed by atoms with Gasteiger partial charge in [-0.05, 0) is 25.0 Å². The van der Waals surface area contributed by atoms with Crippen molar-refractivity contribution in [1.82, 2.24) is 5.16 Å². The lowest BCUT2D eigenvalue weighted by atomic mass is 10.0. The molecule has 16 heavy (non-hydrogen) atoms. The molecule has 2 aromatic rings. The van der Waals surface area contributed by atoms with Crippen LogP contribution in [0.4, 0.5) is 5.82 Å². The number of hydrogen-bond donors (Lipinski definition) is 1. The lowest BCUT2D eigenvalue weighted by Gasteiger charge is -2.04. The van der Waals surface area contributed by atoms with E-state index in [0.29, 0.717) is 16.6 Å². The Morgan fingerprint density at radius 3 is 2.88 bits per heavy atom. The van der Waals surface area contributed by atoms with Crippen LogP contribution in [0.5, 0.6) is 0 Å². The first-order valence-electron chi connectivity index (χ1n) is 5.14. The van der Waals surface area contributed by atoms with Crippen molar-refractivity contribution in [2.45, 2.75) is 20.3 Å². The second-order valence-electron chi connectivity index (χ2n) is 3.67. The monoisotopic (exact) mass is 236 g/mol. The van der Waals surface area contributed by atoms with Crippen molar-refractivity contribution >= 4 is 17.4 Å². The molecule has 0 saturated carbocycles. The summed E-state index contributed by atoms with van der Waals surface area (Å²) in [7, 11) is 0. The molecule has 1 aromatic heterocycles. The minimum Gasteiger partial charge on any atom is -0.381 e. The van der Waals surface area contributed by atoms with E-state index in [4.69, 9.17) is 21.9 Å². The summed E-state index contributed by atoms with van der Waals surface area (Å²) in [5, 5.41) is 4.47. The van der Waals surface area contributed by atoms with E-state index in [-0.39, 0.29) is 0 Å². The molecule has 0 unspecified atom stereocenters. The fourth-order valence-corrected chi connectivity index (χ4v) is 1.91. The Bertz CT molecular complexity index is 520. The van der Waals surface area contributed by atoms with Crippen LogP contribution >= 0.6 is 11.6 Å². The minimum atomic E-state index is 0.440. The van der Waals surface area contributed by atoms with Crippen molar-refractivity contribution < 1.29 is 4.52 Å². The van der Waals surface area contributed by atoms with Gasteiger partial charge in [0.05, 0.1) is 5.02 Å². The van der Waals surface area contributed by atoms with E-state index in [1.807, 2.05) is 32.0 Å². The number of nitrogens with zero attached hydrogens (tertiary/aromatic N) is 1. The second-order valence-corrected chi connectivity index (χ2v) is 4.04. The molecule has 0 aliphatic carbocycles. The maximum atomic E-state index is 6.24. The van der Waals surface area contributed by atoms with Gasteiger partial charge in [-0.3, -0.25) is 0 Å². The Hall–Kier alpha value is -1.48. The summed E-state index contributed by atoms with van der Waals surface area (Å²) in [4.78, 5) is 0. The Morgan fingerprint density at radius 2 is 2.19 bits per heavy atom. The van der Waals surface area contributed by atoms with Crippen molar-refractivity contribution in [2.75, 3.05) is 5.73 Å². The Labute approximate surface area is 99.2 Å². The van der Waals surface area contributed by atoms with Gasteiger partial charge >= 0.3 is 0 Å². The number of nitrogen functional groups attached to an aromatic ring is 1. The summed E-state index contributed by atoms with van der Waals surface area (Å²) in [6.45, 7) is 3.97. The van der Waals surface area contributed by atoms with E-state index < -0.39 is 0 Å². The summed E-state index contributed by atoms with van der Waals surface area (Å²) in [6.07, 6.45) is 0.773. The molecule has 4 heteroatoms. The molecular weight excluding hydrogens is 224 g/mol. The molecule has 2 N–H and O–H groups in total. The van der Waals surface area contributed by atoms with Gasteiger partial charge in [0, 0.05) is 11.1 Å². The molecule has 1 heterocycles. The molecule has 0 aliphatic rings. The molecule has 0 aliphatic heterocycles. The first-order valence-corrected chi connectivity index (χ1v) is 5.52. The Balaban J connectivity index is 2.63. The molecule has 0 spiro atoms. The van der Waals surface area contributed by atoms with Gasteiger partial charge in [0.1, 0.15) is 0 Å². The highest BCUT2D eigenvalue weighted by atomic mass is 35.5. The molecule has 0 radical (unpaired) electrons. The van der Waals surface area contributed by atoms with Crippen molar-refractivity contribution in [2.24, 2.45) is 0 Å². The Kier molecular flexibility index (Phi) is 2.88. The third-order valence-corrected chi connectivity index (χ3v) is 3.11. The molecular formula is C12H13ClN2O. The van der Waals surface area contributed by atoms with Crippen molar-refractivity contribution in [3.63, 3.8) is 0 Å². The summed E-state index contributed by atoms with van der Waals surface area (Å²) < 4.78 is 5.25. The normalized spacial score (nSPS) is 10.7. The van der Waals surface area contributed by atoms with E-state index >= 15 is 0 Å². The first-order chi connectivity index (χ1) is 7.65. The third-order valence-electron chi connectivity index (χ3n) is 2.61. The van der Waals surface area contributed by atoms with E-state index in [1.165, 1.54) is 0 Å². The predicted octanol–water partition coefficient (Wildman–Crippen LogP) is 3.45. The topological polar surface area (TPSA) is 52.0 Å². The SMILES string of the molecule is CCc1c(N)noc1-c1cccc(C)c1Cl. The zero-order valence-electron chi connectivity index (χ0n) is 9.25. The summed E-state index contributed by atoms with van der Waals surface area (Å²) in [5.41, 5.74) is 8.50. The van der Waals surface area contributed by atoms with E-state index in [0.717, 1.165) is 23.1 Å². The van der Waals surface area contributed by atoms with Gasteiger partial charge in [0.15, 0.2) is 11.6 Å². The molecule has 0 amide bonds. The van der Waals surface area contributed by atoms with E-state index in [9.17, 15) is 0 Å². The zero-order chi connectivity index (χ0) is 11.7.